The Morgan fingerprint density at radius 3 is 3.00 bits per heavy atom. The van der Waals surface area contributed by atoms with Gasteiger partial charge in [0.2, 0.25) is 0 Å². The Bertz CT molecular complexity index is 517. The van der Waals surface area contributed by atoms with Crippen LogP contribution in [0.25, 0.3) is 10.9 Å². The predicted octanol–water partition coefficient (Wildman–Crippen LogP) is 2.76. The third-order valence-electron chi connectivity index (χ3n) is 3.18. The molecule has 0 unspecified atom stereocenters. The normalized spacial score (nSPS) is 14.9. The van der Waals surface area contributed by atoms with Gasteiger partial charge in [-0.15, -0.1) is 0 Å². The maximum Gasteiger partial charge on any atom is 0.145 e. The van der Waals surface area contributed by atoms with Crippen molar-refractivity contribution in [2.24, 2.45) is 0 Å². The summed E-state index contributed by atoms with van der Waals surface area (Å²) in [5.41, 5.74) is 0.954. The molecule has 18 heavy (non-hydrogen) atoms. The second kappa shape index (κ2) is 5.36. The van der Waals surface area contributed by atoms with Crippen molar-refractivity contribution in [3.63, 3.8) is 0 Å². The lowest BCUT2D eigenvalue weighted by molar-refractivity contribution is 0.311. The smallest absolute Gasteiger partial charge is 0.145 e. The van der Waals surface area contributed by atoms with E-state index >= 15 is 0 Å². The lowest BCUT2D eigenvalue weighted by atomic mass is 10.2. The molecule has 3 rings (SSSR count). The first-order chi connectivity index (χ1) is 8.93. The molecule has 3 nitrogen and oxygen atoms in total. The van der Waals surface area contributed by atoms with Crippen LogP contribution >= 0.6 is 0 Å². The average Bonchev–Trinajstić information content (AvgIpc) is 3.23. The number of para-hydroxylation sites is 1. The third-order valence-corrected chi connectivity index (χ3v) is 3.18. The van der Waals surface area contributed by atoms with Gasteiger partial charge in [0.05, 0.1) is 6.61 Å². The van der Waals surface area contributed by atoms with E-state index in [9.17, 15) is 0 Å². The van der Waals surface area contributed by atoms with Gasteiger partial charge >= 0.3 is 0 Å². The minimum absolute atomic E-state index is 0.745. The predicted molar refractivity (Wildman–Crippen MR) is 72.9 cm³/mol. The van der Waals surface area contributed by atoms with Gasteiger partial charge in [0.1, 0.15) is 11.3 Å². The van der Waals surface area contributed by atoms with E-state index in [1.165, 1.54) is 12.8 Å². The Morgan fingerprint density at radius 1 is 1.22 bits per heavy atom. The first kappa shape index (κ1) is 11.5. The van der Waals surface area contributed by atoms with Crippen molar-refractivity contribution in [1.82, 2.24) is 10.3 Å². The van der Waals surface area contributed by atoms with E-state index < -0.39 is 0 Å². The van der Waals surface area contributed by atoms with Gasteiger partial charge in [0, 0.05) is 17.6 Å². The van der Waals surface area contributed by atoms with E-state index in [0.29, 0.717) is 0 Å². The van der Waals surface area contributed by atoms with E-state index in [2.05, 4.69) is 22.4 Å². The molecule has 0 aliphatic heterocycles. The van der Waals surface area contributed by atoms with Gasteiger partial charge < -0.3 is 10.1 Å². The number of rotatable bonds is 6. The van der Waals surface area contributed by atoms with Gasteiger partial charge in [-0.05, 0) is 37.9 Å². The van der Waals surface area contributed by atoms with E-state index in [-0.39, 0.29) is 0 Å². The summed E-state index contributed by atoms with van der Waals surface area (Å²) in [7, 11) is 0. The number of aromatic nitrogens is 1. The van der Waals surface area contributed by atoms with Crippen molar-refractivity contribution >= 4 is 10.9 Å². The van der Waals surface area contributed by atoms with Crippen LogP contribution in [0.4, 0.5) is 0 Å². The molecular weight excluding hydrogens is 224 g/mol. The van der Waals surface area contributed by atoms with E-state index in [0.717, 1.165) is 42.3 Å². The second-order valence-electron chi connectivity index (χ2n) is 4.76. The molecule has 0 atom stereocenters. The Balaban J connectivity index is 1.56. The molecule has 1 heterocycles. The molecule has 1 aliphatic carbocycles. The van der Waals surface area contributed by atoms with Gasteiger partial charge in [0.15, 0.2) is 0 Å². The van der Waals surface area contributed by atoms with Crippen molar-refractivity contribution in [2.45, 2.75) is 25.3 Å². The first-order valence-corrected chi connectivity index (χ1v) is 6.63. The number of nitrogens with one attached hydrogen (secondary N) is 1. The largest absolute Gasteiger partial charge is 0.491 e. The Hall–Kier alpha value is -1.61. The SMILES string of the molecule is c1cnc2c(OCCCNC3CC3)cccc2c1. The van der Waals surface area contributed by atoms with Crippen molar-refractivity contribution < 1.29 is 4.74 Å². The van der Waals surface area contributed by atoms with Crippen LogP contribution in [0.15, 0.2) is 36.5 Å². The third kappa shape index (κ3) is 2.79. The van der Waals surface area contributed by atoms with Crippen LogP contribution in [0.1, 0.15) is 19.3 Å². The maximum absolute atomic E-state index is 5.82. The summed E-state index contributed by atoms with van der Waals surface area (Å²) in [5.74, 6) is 0.888. The summed E-state index contributed by atoms with van der Waals surface area (Å²) < 4.78 is 5.82. The zero-order valence-electron chi connectivity index (χ0n) is 10.4. The second-order valence-corrected chi connectivity index (χ2v) is 4.76. The molecule has 0 saturated heterocycles. The topological polar surface area (TPSA) is 34.1 Å². The molecule has 1 aliphatic rings. The summed E-state index contributed by atoms with van der Waals surface area (Å²) in [5, 5.41) is 4.62. The first-order valence-electron chi connectivity index (χ1n) is 6.63. The van der Waals surface area contributed by atoms with Crippen molar-refractivity contribution in [1.29, 1.82) is 0 Å². The summed E-state index contributed by atoms with van der Waals surface area (Å²) >= 11 is 0. The minimum atomic E-state index is 0.745. The van der Waals surface area contributed by atoms with E-state index in [1.54, 1.807) is 0 Å². The molecule has 1 saturated carbocycles. The van der Waals surface area contributed by atoms with Gasteiger partial charge in [-0.3, -0.25) is 4.98 Å². The van der Waals surface area contributed by atoms with Crippen LogP contribution in [0.2, 0.25) is 0 Å². The van der Waals surface area contributed by atoms with Crippen LogP contribution < -0.4 is 10.1 Å². The van der Waals surface area contributed by atoms with Crippen LogP contribution in [0, 0.1) is 0 Å². The highest BCUT2D eigenvalue weighted by Crippen LogP contribution is 2.23. The number of hydrogen-bond donors (Lipinski definition) is 1. The molecule has 1 N–H and O–H groups in total. The summed E-state index contributed by atoms with van der Waals surface area (Å²) in [4.78, 5) is 4.38. The zero-order chi connectivity index (χ0) is 12.2. The minimum Gasteiger partial charge on any atom is -0.491 e. The summed E-state index contributed by atoms with van der Waals surface area (Å²) in [6, 6.07) is 10.9. The Morgan fingerprint density at radius 2 is 2.11 bits per heavy atom. The zero-order valence-corrected chi connectivity index (χ0v) is 10.4. The Kier molecular flexibility index (Phi) is 3.42. The van der Waals surface area contributed by atoms with Crippen molar-refractivity contribution in [2.75, 3.05) is 13.2 Å². The van der Waals surface area contributed by atoms with Crippen molar-refractivity contribution in [3.05, 3.63) is 36.5 Å². The molecular formula is C15H18N2O. The van der Waals surface area contributed by atoms with E-state index in [1.807, 2.05) is 24.4 Å². The molecule has 0 bridgehead atoms. The number of fused-ring (bicyclic) bond motifs is 1. The van der Waals surface area contributed by atoms with Gasteiger partial charge in [-0.2, -0.15) is 0 Å². The van der Waals surface area contributed by atoms with Crippen LogP contribution in [0.3, 0.4) is 0 Å². The van der Waals surface area contributed by atoms with Gasteiger partial charge in [0.25, 0.3) is 0 Å². The molecule has 0 amide bonds. The molecule has 0 radical (unpaired) electrons. The summed E-state index contributed by atoms with van der Waals surface area (Å²) in [6.45, 7) is 1.79. The highest BCUT2D eigenvalue weighted by molar-refractivity contribution is 5.84. The number of pyridine rings is 1. The molecule has 1 aromatic carbocycles. The fourth-order valence-electron chi connectivity index (χ4n) is 2.04. The fourth-order valence-corrected chi connectivity index (χ4v) is 2.04. The maximum atomic E-state index is 5.82. The number of ether oxygens (including phenoxy) is 1. The standard InChI is InChI=1S/C15H18N2O/c1-4-12-5-2-9-17-15(12)14(6-1)18-11-3-10-16-13-7-8-13/h1-2,4-6,9,13,16H,3,7-8,10-11H2. The number of hydrogen-bond acceptors (Lipinski definition) is 3. The fraction of sp³-hybridized carbons (Fsp3) is 0.400. The highest BCUT2D eigenvalue weighted by Gasteiger charge is 2.19. The van der Waals surface area contributed by atoms with Crippen LogP contribution in [-0.2, 0) is 0 Å². The molecule has 3 heteroatoms. The number of benzene rings is 1. The molecule has 94 valence electrons. The van der Waals surface area contributed by atoms with Gasteiger partial charge in [-0.1, -0.05) is 18.2 Å². The van der Waals surface area contributed by atoms with Gasteiger partial charge in [-0.25, -0.2) is 0 Å². The van der Waals surface area contributed by atoms with Crippen LogP contribution in [0.5, 0.6) is 5.75 Å². The van der Waals surface area contributed by atoms with Crippen LogP contribution in [-0.4, -0.2) is 24.2 Å². The summed E-state index contributed by atoms with van der Waals surface area (Å²) in [6.07, 6.45) is 5.53. The lowest BCUT2D eigenvalue weighted by Gasteiger charge is -2.08. The quantitative estimate of drug-likeness (QED) is 0.791. The average molecular weight is 242 g/mol. The van der Waals surface area contributed by atoms with E-state index in [4.69, 9.17) is 4.74 Å². The Labute approximate surface area is 107 Å². The number of nitrogens with zero attached hydrogens (tertiary/aromatic N) is 1. The van der Waals surface area contributed by atoms with Crippen molar-refractivity contribution in [3.8, 4) is 5.75 Å². The molecule has 1 aromatic heterocycles. The highest BCUT2D eigenvalue weighted by atomic mass is 16.5. The lowest BCUT2D eigenvalue weighted by Crippen LogP contribution is -2.19. The molecule has 0 spiro atoms. The monoisotopic (exact) mass is 242 g/mol. The molecule has 2 aromatic rings. The molecule has 1 fully saturated rings.